The molecule has 2 rings (SSSR count). The van der Waals surface area contributed by atoms with Gasteiger partial charge in [0.25, 0.3) is 11.8 Å². The standard InChI is InChI=1S/C8H5FN2O2/c9-5-3-1-2-4-6(5)8(13)11(10)7(4)12/h1-3H,10H2. The molecule has 1 aliphatic rings. The number of nitrogens with two attached hydrogens (primary N) is 1. The van der Waals surface area contributed by atoms with E-state index in [2.05, 4.69) is 0 Å². The number of halogens is 1. The number of imide groups is 1. The zero-order valence-electron chi connectivity index (χ0n) is 6.45. The van der Waals surface area contributed by atoms with Crippen molar-refractivity contribution < 1.29 is 14.0 Å². The van der Waals surface area contributed by atoms with Crippen LogP contribution in [0.5, 0.6) is 0 Å². The third-order valence-electron chi connectivity index (χ3n) is 1.90. The first-order valence-corrected chi connectivity index (χ1v) is 3.55. The highest BCUT2D eigenvalue weighted by molar-refractivity contribution is 6.20. The van der Waals surface area contributed by atoms with Gasteiger partial charge in [-0.2, -0.15) is 0 Å². The van der Waals surface area contributed by atoms with Crippen LogP contribution in [0.4, 0.5) is 4.39 Å². The van der Waals surface area contributed by atoms with Crippen molar-refractivity contribution >= 4 is 11.8 Å². The van der Waals surface area contributed by atoms with E-state index in [0.29, 0.717) is 5.01 Å². The van der Waals surface area contributed by atoms with Gasteiger partial charge in [-0.1, -0.05) is 6.07 Å². The normalized spacial score (nSPS) is 15.1. The summed E-state index contributed by atoms with van der Waals surface area (Å²) in [7, 11) is 0. The van der Waals surface area contributed by atoms with E-state index in [1.165, 1.54) is 12.1 Å². The van der Waals surface area contributed by atoms with Gasteiger partial charge in [0.05, 0.1) is 11.1 Å². The summed E-state index contributed by atoms with van der Waals surface area (Å²) in [6, 6.07) is 3.84. The number of hydrogen-bond acceptors (Lipinski definition) is 3. The molecule has 0 spiro atoms. The van der Waals surface area contributed by atoms with Gasteiger partial charge in [0.2, 0.25) is 0 Å². The van der Waals surface area contributed by atoms with Gasteiger partial charge in [-0.15, -0.1) is 0 Å². The van der Waals surface area contributed by atoms with E-state index in [0.717, 1.165) is 6.07 Å². The van der Waals surface area contributed by atoms with Crippen LogP contribution in [-0.2, 0) is 0 Å². The summed E-state index contributed by atoms with van der Waals surface area (Å²) in [5.41, 5.74) is -0.220. The third kappa shape index (κ3) is 0.874. The summed E-state index contributed by atoms with van der Waals surface area (Å²) in [4.78, 5) is 22.3. The number of amides is 2. The Hall–Kier alpha value is -1.75. The summed E-state index contributed by atoms with van der Waals surface area (Å²) < 4.78 is 13.0. The minimum Gasteiger partial charge on any atom is -0.267 e. The van der Waals surface area contributed by atoms with Crippen molar-refractivity contribution in [3.05, 3.63) is 35.1 Å². The number of hydrazine groups is 1. The number of nitrogens with zero attached hydrogens (tertiary/aromatic N) is 1. The average molecular weight is 180 g/mol. The number of rotatable bonds is 0. The van der Waals surface area contributed by atoms with E-state index in [1.54, 1.807) is 0 Å². The molecule has 1 aromatic rings. The van der Waals surface area contributed by atoms with E-state index in [4.69, 9.17) is 5.84 Å². The van der Waals surface area contributed by atoms with E-state index < -0.39 is 17.6 Å². The molecule has 2 amide bonds. The fourth-order valence-electron chi connectivity index (χ4n) is 1.26. The fourth-order valence-corrected chi connectivity index (χ4v) is 1.26. The molecule has 66 valence electrons. The van der Waals surface area contributed by atoms with Gasteiger partial charge in [0, 0.05) is 0 Å². The molecular formula is C8H5FN2O2. The van der Waals surface area contributed by atoms with Crippen LogP contribution in [0.25, 0.3) is 0 Å². The molecule has 0 saturated heterocycles. The van der Waals surface area contributed by atoms with E-state index >= 15 is 0 Å². The Morgan fingerprint density at radius 2 is 1.92 bits per heavy atom. The zero-order valence-corrected chi connectivity index (χ0v) is 6.45. The molecular weight excluding hydrogens is 175 g/mol. The maximum atomic E-state index is 13.0. The van der Waals surface area contributed by atoms with Crippen molar-refractivity contribution in [1.29, 1.82) is 0 Å². The highest BCUT2D eigenvalue weighted by Crippen LogP contribution is 2.22. The number of benzene rings is 1. The Labute approximate surface area is 72.7 Å². The molecule has 0 saturated carbocycles. The Bertz CT molecular complexity index is 417. The van der Waals surface area contributed by atoms with Crippen LogP contribution < -0.4 is 5.84 Å². The van der Waals surface area contributed by atoms with E-state index in [1.807, 2.05) is 0 Å². The first-order chi connectivity index (χ1) is 6.13. The van der Waals surface area contributed by atoms with E-state index in [-0.39, 0.29) is 11.1 Å². The van der Waals surface area contributed by atoms with Crippen LogP contribution in [0.2, 0.25) is 0 Å². The van der Waals surface area contributed by atoms with Crippen LogP contribution in [0, 0.1) is 5.82 Å². The molecule has 0 aliphatic carbocycles. The predicted molar refractivity (Wildman–Crippen MR) is 41.1 cm³/mol. The molecule has 1 aromatic carbocycles. The zero-order chi connectivity index (χ0) is 9.59. The topological polar surface area (TPSA) is 63.4 Å². The molecule has 13 heavy (non-hydrogen) atoms. The minimum atomic E-state index is -0.793. The minimum absolute atomic E-state index is 0.0208. The van der Waals surface area contributed by atoms with Gasteiger partial charge in [0.15, 0.2) is 0 Å². The van der Waals surface area contributed by atoms with Gasteiger partial charge < -0.3 is 0 Å². The molecule has 1 aliphatic heterocycles. The van der Waals surface area contributed by atoms with Gasteiger partial charge in [0.1, 0.15) is 5.82 Å². The lowest BCUT2D eigenvalue weighted by molar-refractivity contribution is 0.0652. The van der Waals surface area contributed by atoms with Gasteiger partial charge >= 0.3 is 0 Å². The Morgan fingerprint density at radius 3 is 2.54 bits per heavy atom. The number of carbonyl (C=O) groups is 2. The quantitative estimate of drug-likeness (QED) is 0.354. The maximum Gasteiger partial charge on any atom is 0.278 e. The second-order valence-corrected chi connectivity index (χ2v) is 2.64. The summed E-state index contributed by atoms with van der Waals surface area (Å²) in [5.74, 6) is 2.93. The molecule has 0 unspecified atom stereocenters. The molecule has 4 nitrogen and oxygen atoms in total. The molecule has 2 N–H and O–H groups in total. The number of carbonyl (C=O) groups excluding carboxylic acids is 2. The highest BCUT2D eigenvalue weighted by Gasteiger charge is 2.35. The number of fused-ring (bicyclic) bond motifs is 1. The van der Waals surface area contributed by atoms with Crippen LogP contribution in [0.15, 0.2) is 18.2 Å². The van der Waals surface area contributed by atoms with Crippen LogP contribution >= 0.6 is 0 Å². The largest absolute Gasteiger partial charge is 0.278 e. The molecule has 1 heterocycles. The second-order valence-electron chi connectivity index (χ2n) is 2.64. The monoisotopic (exact) mass is 180 g/mol. The smallest absolute Gasteiger partial charge is 0.267 e. The fraction of sp³-hybridized carbons (Fsp3) is 0. The molecule has 0 atom stereocenters. The van der Waals surface area contributed by atoms with Gasteiger partial charge in [-0.25, -0.2) is 15.2 Å². The van der Waals surface area contributed by atoms with Crippen LogP contribution in [-0.4, -0.2) is 16.8 Å². The predicted octanol–water partition coefficient (Wildman–Crippen LogP) is 0.295. The lowest BCUT2D eigenvalue weighted by atomic mass is 10.1. The lowest BCUT2D eigenvalue weighted by Gasteiger charge is -2.02. The lowest BCUT2D eigenvalue weighted by Crippen LogP contribution is -2.36. The van der Waals surface area contributed by atoms with Crippen LogP contribution in [0.1, 0.15) is 20.7 Å². The summed E-state index contributed by atoms with van der Waals surface area (Å²) in [6.07, 6.45) is 0. The first-order valence-electron chi connectivity index (χ1n) is 3.55. The summed E-state index contributed by atoms with van der Waals surface area (Å²) in [5, 5.41) is 0.410. The highest BCUT2D eigenvalue weighted by atomic mass is 19.1. The number of hydrogen-bond donors (Lipinski definition) is 1. The van der Waals surface area contributed by atoms with Crippen molar-refractivity contribution in [3.8, 4) is 0 Å². The first kappa shape index (κ1) is 7.88. The average Bonchev–Trinajstić information content (AvgIpc) is 2.33. The Kier molecular flexibility index (Phi) is 1.43. The molecule has 0 fully saturated rings. The summed E-state index contributed by atoms with van der Waals surface area (Å²) in [6.45, 7) is 0. The van der Waals surface area contributed by atoms with E-state index in [9.17, 15) is 14.0 Å². The molecule has 0 radical (unpaired) electrons. The molecule has 0 bridgehead atoms. The summed E-state index contributed by atoms with van der Waals surface area (Å²) >= 11 is 0. The third-order valence-corrected chi connectivity index (χ3v) is 1.90. The van der Waals surface area contributed by atoms with Crippen molar-refractivity contribution in [2.24, 2.45) is 5.84 Å². The SMILES string of the molecule is NN1C(=O)c2cccc(F)c2C1=O. The van der Waals surface area contributed by atoms with Crippen molar-refractivity contribution in [1.82, 2.24) is 5.01 Å². The van der Waals surface area contributed by atoms with Crippen molar-refractivity contribution in [2.45, 2.75) is 0 Å². The van der Waals surface area contributed by atoms with Crippen LogP contribution in [0.3, 0.4) is 0 Å². The second kappa shape index (κ2) is 2.37. The van der Waals surface area contributed by atoms with Gasteiger partial charge in [-0.05, 0) is 12.1 Å². The Morgan fingerprint density at radius 1 is 1.23 bits per heavy atom. The van der Waals surface area contributed by atoms with Crippen molar-refractivity contribution in [2.75, 3.05) is 0 Å². The molecule has 5 heteroatoms. The maximum absolute atomic E-state index is 13.0. The Balaban J connectivity index is 2.74. The molecule has 0 aromatic heterocycles. The van der Waals surface area contributed by atoms with Gasteiger partial charge in [-0.3, -0.25) is 9.59 Å². The van der Waals surface area contributed by atoms with Crippen molar-refractivity contribution in [3.63, 3.8) is 0 Å².